The zero-order valence-corrected chi connectivity index (χ0v) is 13.9. The van der Waals surface area contributed by atoms with Crippen molar-refractivity contribution in [2.24, 2.45) is 5.92 Å². The molecular formula is C17H25ClN2O. The number of benzene rings is 1. The van der Waals surface area contributed by atoms with Crippen LogP contribution in [-0.4, -0.2) is 31.4 Å². The molecule has 1 aromatic rings. The largest absolute Gasteiger partial charge is 0.378 e. The predicted octanol–water partition coefficient (Wildman–Crippen LogP) is 3.67. The number of nitrogens with zero attached hydrogens (tertiary/aromatic N) is 1. The van der Waals surface area contributed by atoms with Crippen LogP contribution in [0.15, 0.2) is 24.3 Å². The smallest absolute Gasteiger partial charge is 0.251 e. The molecule has 1 amide bonds. The molecule has 2 unspecified atom stereocenters. The van der Waals surface area contributed by atoms with Crippen LogP contribution in [0.1, 0.15) is 43.0 Å². The number of anilines is 1. The van der Waals surface area contributed by atoms with Crippen molar-refractivity contribution >= 4 is 23.2 Å². The lowest BCUT2D eigenvalue weighted by molar-refractivity contribution is 0.0867. The number of alkyl halides is 1. The van der Waals surface area contributed by atoms with Crippen LogP contribution in [0.2, 0.25) is 0 Å². The van der Waals surface area contributed by atoms with Crippen LogP contribution in [-0.2, 0) is 0 Å². The third kappa shape index (κ3) is 3.91. The van der Waals surface area contributed by atoms with E-state index in [4.69, 9.17) is 11.6 Å². The summed E-state index contributed by atoms with van der Waals surface area (Å²) in [7, 11) is 3.94. The first-order chi connectivity index (χ1) is 9.96. The van der Waals surface area contributed by atoms with Gasteiger partial charge in [-0.15, -0.1) is 11.6 Å². The topological polar surface area (TPSA) is 32.3 Å². The van der Waals surface area contributed by atoms with Gasteiger partial charge in [0, 0.05) is 31.2 Å². The quantitative estimate of drug-likeness (QED) is 0.861. The van der Waals surface area contributed by atoms with Gasteiger partial charge >= 0.3 is 0 Å². The molecule has 0 radical (unpaired) electrons. The Hall–Kier alpha value is -1.22. The van der Waals surface area contributed by atoms with Gasteiger partial charge in [0.1, 0.15) is 0 Å². The summed E-state index contributed by atoms with van der Waals surface area (Å²) >= 11 is 6.19. The summed E-state index contributed by atoms with van der Waals surface area (Å²) in [5, 5.41) is 3.21. The van der Waals surface area contributed by atoms with Gasteiger partial charge in [-0.05, 0) is 37.0 Å². The van der Waals surface area contributed by atoms with Gasteiger partial charge < -0.3 is 10.2 Å². The second kappa shape index (κ2) is 6.69. The minimum Gasteiger partial charge on any atom is -0.378 e. The molecule has 1 saturated carbocycles. The average molecular weight is 309 g/mol. The standard InChI is InChI=1S/C17H25ClN2O/c1-13-6-5-9-17(11-13,12-18)19-16(21)14-7-4-8-15(10-14)20(2)3/h4,7-8,10,13H,5-6,9,11-12H2,1-3H3,(H,19,21). The van der Waals surface area contributed by atoms with Gasteiger partial charge in [0.25, 0.3) is 5.91 Å². The maximum Gasteiger partial charge on any atom is 0.251 e. The van der Waals surface area contributed by atoms with Crippen LogP contribution in [0.5, 0.6) is 0 Å². The highest BCUT2D eigenvalue weighted by Gasteiger charge is 2.35. The van der Waals surface area contributed by atoms with Crippen LogP contribution in [0.4, 0.5) is 5.69 Å². The number of hydrogen-bond acceptors (Lipinski definition) is 2. The number of hydrogen-bond donors (Lipinski definition) is 1. The van der Waals surface area contributed by atoms with E-state index in [0.717, 1.165) is 24.9 Å². The van der Waals surface area contributed by atoms with E-state index in [1.54, 1.807) is 0 Å². The summed E-state index contributed by atoms with van der Waals surface area (Å²) in [6, 6.07) is 7.69. The fourth-order valence-electron chi connectivity index (χ4n) is 3.17. The van der Waals surface area contributed by atoms with Crippen molar-refractivity contribution in [1.29, 1.82) is 0 Å². The minimum absolute atomic E-state index is 0.0200. The molecule has 1 N–H and O–H groups in total. The minimum atomic E-state index is -0.246. The summed E-state index contributed by atoms with van der Waals surface area (Å²) in [6.07, 6.45) is 4.30. The van der Waals surface area contributed by atoms with Crippen molar-refractivity contribution in [2.45, 2.75) is 38.1 Å². The molecule has 0 heterocycles. The number of carbonyl (C=O) groups excluding carboxylic acids is 1. The molecular weight excluding hydrogens is 284 g/mol. The number of amides is 1. The van der Waals surface area contributed by atoms with Crippen LogP contribution in [0, 0.1) is 5.92 Å². The molecule has 1 aromatic carbocycles. The molecule has 0 aliphatic heterocycles. The first-order valence-electron chi connectivity index (χ1n) is 7.62. The van der Waals surface area contributed by atoms with Crippen LogP contribution >= 0.6 is 11.6 Å². The van der Waals surface area contributed by atoms with E-state index in [-0.39, 0.29) is 11.4 Å². The van der Waals surface area contributed by atoms with Crippen LogP contribution < -0.4 is 10.2 Å². The van der Waals surface area contributed by atoms with Gasteiger partial charge in [-0.25, -0.2) is 0 Å². The Morgan fingerprint density at radius 2 is 2.24 bits per heavy atom. The van der Waals surface area contributed by atoms with Crippen molar-refractivity contribution in [3.63, 3.8) is 0 Å². The summed E-state index contributed by atoms with van der Waals surface area (Å²) < 4.78 is 0. The summed E-state index contributed by atoms with van der Waals surface area (Å²) in [5.74, 6) is 1.08. The molecule has 1 fully saturated rings. The molecule has 1 aliphatic rings. The molecule has 1 aliphatic carbocycles. The van der Waals surface area contributed by atoms with Gasteiger partial charge in [-0.1, -0.05) is 25.8 Å². The van der Waals surface area contributed by atoms with Gasteiger partial charge in [0.05, 0.1) is 5.54 Å². The van der Waals surface area contributed by atoms with Crippen LogP contribution in [0.3, 0.4) is 0 Å². The van der Waals surface area contributed by atoms with E-state index in [1.807, 2.05) is 43.3 Å². The third-order valence-electron chi connectivity index (χ3n) is 4.35. The number of halogens is 1. The molecule has 0 aromatic heterocycles. The van der Waals surface area contributed by atoms with Gasteiger partial charge in [-0.3, -0.25) is 4.79 Å². The van der Waals surface area contributed by atoms with Gasteiger partial charge in [0.2, 0.25) is 0 Å². The van der Waals surface area contributed by atoms with E-state index in [2.05, 4.69) is 12.2 Å². The highest BCUT2D eigenvalue weighted by atomic mass is 35.5. The normalized spacial score (nSPS) is 25.4. The molecule has 4 heteroatoms. The van der Waals surface area contributed by atoms with E-state index in [1.165, 1.54) is 6.42 Å². The Labute approximate surface area is 132 Å². The van der Waals surface area contributed by atoms with E-state index in [9.17, 15) is 4.79 Å². The highest BCUT2D eigenvalue weighted by molar-refractivity contribution is 6.19. The molecule has 0 spiro atoms. The van der Waals surface area contributed by atoms with E-state index < -0.39 is 0 Å². The fraction of sp³-hybridized carbons (Fsp3) is 0.588. The lowest BCUT2D eigenvalue weighted by atomic mass is 9.77. The third-order valence-corrected chi connectivity index (χ3v) is 4.86. The van der Waals surface area contributed by atoms with E-state index >= 15 is 0 Å². The second-order valence-electron chi connectivity index (χ2n) is 6.51. The van der Waals surface area contributed by atoms with Crippen molar-refractivity contribution in [1.82, 2.24) is 5.32 Å². The van der Waals surface area contributed by atoms with E-state index in [0.29, 0.717) is 17.4 Å². The monoisotopic (exact) mass is 308 g/mol. The van der Waals surface area contributed by atoms with Crippen LogP contribution in [0.25, 0.3) is 0 Å². The average Bonchev–Trinajstić information content (AvgIpc) is 2.47. The van der Waals surface area contributed by atoms with Crippen molar-refractivity contribution in [2.75, 3.05) is 24.9 Å². The second-order valence-corrected chi connectivity index (χ2v) is 6.78. The molecule has 3 nitrogen and oxygen atoms in total. The Balaban J connectivity index is 2.14. The maximum atomic E-state index is 12.6. The zero-order chi connectivity index (χ0) is 15.5. The lowest BCUT2D eigenvalue weighted by Crippen LogP contribution is -2.52. The van der Waals surface area contributed by atoms with Crippen molar-refractivity contribution < 1.29 is 4.79 Å². The summed E-state index contributed by atoms with van der Waals surface area (Å²) in [6.45, 7) is 2.24. The van der Waals surface area contributed by atoms with Crippen molar-refractivity contribution in [3.05, 3.63) is 29.8 Å². The molecule has 0 bridgehead atoms. The van der Waals surface area contributed by atoms with Gasteiger partial charge in [-0.2, -0.15) is 0 Å². The Kier molecular flexibility index (Phi) is 5.15. The highest BCUT2D eigenvalue weighted by Crippen LogP contribution is 2.33. The molecule has 116 valence electrons. The van der Waals surface area contributed by atoms with Crippen molar-refractivity contribution in [3.8, 4) is 0 Å². The Morgan fingerprint density at radius 1 is 1.48 bits per heavy atom. The Morgan fingerprint density at radius 3 is 2.86 bits per heavy atom. The zero-order valence-electron chi connectivity index (χ0n) is 13.2. The molecule has 21 heavy (non-hydrogen) atoms. The number of carbonyl (C=O) groups is 1. The lowest BCUT2D eigenvalue weighted by Gasteiger charge is -2.39. The van der Waals surface area contributed by atoms with Gasteiger partial charge in [0.15, 0.2) is 0 Å². The number of nitrogens with one attached hydrogen (secondary N) is 1. The summed E-state index contributed by atoms with van der Waals surface area (Å²) in [5.41, 5.74) is 1.48. The predicted molar refractivity (Wildman–Crippen MR) is 89.3 cm³/mol. The number of rotatable bonds is 4. The molecule has 2 rings (SSSR count). The molecule has 2 atom stereocenters. The SMILES string of the molecule is CC1CCCC(CCl)(NC(=O)c2cccc(N(C)C)c2)C1. The molecule has 0 saturated heterocycles. The first-order valence-corrected chi connectivity index (χ1v) is 8.15. The summed E-state index contributed by atoms with van der Waals surface area (Å²) in [4.78, 5) is 14.6. The Bertz CT molecular complexity index is 503. The maximum absolute atomic E-state index is 12.6. The first kappa shape index (κ1) is 16.2. The fourth-order valence-corrected chi connectivity index (χ4v) is 3.48.